The molecule has 0 unspecified atom stereocenters. The molecule has 1 aromatic carbocycles. The molecule has 0 aliphatic rings. The number of nitriles is 1. The van der Waals surface area contributed by atoms with Crippen molar-refractivity contribution in [1.82, 2.24) is 15.0 Å². The predicted octanol–water partition coefficient (Wildman–Crippen LogP) is 2.78. The van der Waals surface area contributed by atoms with Crippen LogP contribution in [0.4, 0.5) is 17.5 Å². The molecule has 0 fully saturated rings. The van der Waals surface area contributed by atoms with Crippen LogP contribution >= 0.6 is 0 Å². The van der Waals surface area contributed by atoms with E-state index in [0.29, 0.717) is 59.5 Å². The van der Waals surface area contributed by atoms with Gasteiger partial charge in [-0.3, -0.25) is 0 Å². The molecule has 9 nitrogen and oxygen atoms in total. The Balaban J connectivity index is 1.81. The van der Waals surface area contributed by atoms with Gasteiger partial charge in [0, 0.05) is 18.7 Å². The third-order valence-electron chi connectivity index (χ3n) is 4.32. The van der Waals surface area contributed by atoms with Crippen molar-refractivity contribution in [2.45, 2.75) is 13.3 Å². The molecule has 3 rings (SSSR count). The predicted molar refractivity (Wildman–Crippen MR) is 114 cm³/mol. The molecule has 0 amide bonds. The Morgan fingerprint density at radius 2 is 1.87 bits per heavy atom. The van der Waals surface area contributed by atoms with E-state index in [9.17, 15) is 9.90 Å². The molecule has 0 spiro atoms. The Bertz CT molecular complexity index is 1070. The van der Waals surface area contributed by atoms with E-state index in [2.05, 4.69) is 25.6 Å². The zero-order valence-corrected chi connectivity index (χ0v) is 16.4. The van der Waals surface area contributed by atoms with Gasteiger partial charge in [0.25, 0.3) is 0 Å². The number of carboxylic acid groups (broad SMARTS) is 1. The highest BCUT2D eigenvalue weighted by molar-refractivity contribution is 5.96. The lowest BCUT2D eigenvalue weighted by atomic mass is 10.0. The highest BCUT2D eigenvalue weighted by Crippen LogP contribution is 2.26. The standard InChI is InChI=1S/C21H21N7O2/c1-2-16-18(20(29)30)19(14-5-3-13(11-22)4-6-14)28-21(27-16)25-10-9-24-17-8-7-15(23)12-26-17/h3-8,12H,2,9-10,23H2,1H3,(H,24,26)(H,29,30)(H,25,27,28). The number of anilines is 3. The van der Waals surface area contributed by atoms with E-state index in [1.54, 1.807) is 42.6 Å². The van der Waals surface area contributed by atoms with Crippen molar-refractivity contribution in [3.63, 3.8) is 0 Å². The maximum absolute atomic E-state index is 11.9. The first-order chi connectivity index (χ1) is 14.5. The first-order valence-corrected chi connectivity index (χ1v) is 9.35. The minimum absolute atomic E-state index is 0.0666. The summed E-state index contributed by atoms with van der Waals surface area (Å²) < 4.78 is 0. The van der Waals surface area contributed by atoms with Crippen molar-refractivity contribution in [1.29, 1.82) is 5.26 Å². The van der Waals surface area contributed by atoms with Gasteiger partial charge in [0.1, 0.15) is 11.4 Å². The molecule has 0 saturated carbocycles. The van der Waals surface area contributed by atoms with Gasteiger partial charge in [0.2, 0.25) is 5.95 Å². The number of aryl methyl sites for hydroxylation is 1. The molecule has 30 heavy (non-hydrogen) atoms. The third-order valence-corrected chi connectivity index (χ3v) is 4.32. The second-order valence-electron chi connectivity index (χ2n) is 6.40. The number of benzene rings is 1. The van der Waals surface area contributed by atoms with Crippen LogP contribution in [0, 0.1) is 11.3 Å². The number of carbonyl (C=O) groups is 1. The van der Waals surface area contributed by atoms with Gasteiger partial charge < -0.3 is 21.5 Å². The minimum Gasteiger partial charge on any atom is -0.478 e. The van der Waals surface area contributed by atoms with E-state index < -0.39 is 5.97 Å². The van der Waals surface area contributed by atoms with E-state index >= 15 is 0 Å². The molecule has 2 heterocycles. The molecule has 2 aromatic heterocycles. The van der Waals surface area contributed by atoms with E-state index in [-0.39, 0.29) is 5.56 Å². The van der Waals surface area contributed by atoms with Crippen molar-refractivity contribution in [3.8, 4) is 17.3 Å². The van der Waals surface area contributed by atoms with Crippen LogP contribution in [0.1, 0.15) is 28.5 Å². The normalized spacial score (nSPS) is 10.3. The fourth-order valence-corrected chi connectivity index (χ4v) is 2.85. The average molecular weight is 403 g/mol. The lowest BCUT2D eigenvalue weighted by molar-refractivity contribution is 0.0695. The summed E-state index contributed by atoms with van der Waals surface area (Å²) in [6.07, 6.45) is 2.01. The Kier molecular flexibility index (Phi) is 6.39. The van der Waals surface area contributed by atoms with Gasteiger partial charge in [-0.15, -0.1) is 0 Å². The number of rotatable bonds is 8. The van der Waals surface area contributed by atoms with Crippen molar-refractivity contribution in [2.75, 3.05) is 29.5 Å². The highest BCUT2D eigenvalue weighted by Gasteiger charge is 2.20. The Morgan fingerprint density at radius 3 is 2.47 bits per heavy atom. The van der Waals surface area contributed by atoms with Gasteiger partial charge in [-0.05, 0) is 30.7 Å². The number of nitrogens with two attached hydrogens (primary N) is 1. The summed E-state index contributed by atoms with van der Waals surface area (Å²) >= 11 is 0. The van der Waals surface area contributed by atoms with Crippen LogP contribution in [0.15, 0.2) is 42.6 Å². The molecule has 3 aromatic rings. The summed E-state index contributed by atoms with van der Waals surface area (Å²) in [6, 6.07) is 12.2. The smallest absolute Gasteiger partial charge is 0.339 e. The molecule has 0 aliphatic carbocycles. The zero-order chi connectivity index (χ0) is 21.5. The van der Waals surface area contributed by atoms with Gasteiger partial charge in [-0.1, -0.05) is 19.1 Å². The summed E-state index contributed by atoms with van der Waals surface area (Å²) in [7, 11) is 0. The van der Waals surface area contributed by atoms with Gasteiger partial charge >= 0.3 is 5.97 Å². The topological polar surface area (TPSA) is 150 Å². The fraction of sp³-hybridized carbons (Fsp3) is 0.190. The van der Waals surface area contributed by atoms with Crippen LogP contribution in [-0.2, 0) is 6.42 Å². The quantitative estimate of drug-likeness (QED) is 0.416. The first-order valence-electron chi connectivity index (χ1n) is 9.35. The SMILES string of the molecule is CCc1nc(NCCNc2ccc(N)cn2)nc(-c2ccc(C#N)cc2)c1C(=O)O. The fourth-order valence-electron chi connectivity index (χ4n) is 2.85. The summed E-state index contributed by atoms with van der Waals surface area (Å²) in [5.41, 5.74) is 8.12. The van der Waals surface area contributed by atoms with Crippen LogP contribution < -0.4 is 16.4 Å². The van der Waals surface area contributed by atoms with Crippen LogP contribution in [0.2, 0.25) is 0 Å². The molecule has 0 atom stereocenters. The molecule has 0 radical (unpaired) electrons. The molecule has 9 heteroatoms. The van der Waals surface area contributed by atoms with E-state index in [4.69, 9.17) is 11.0 Å². The van der Waals surface area contributed by atoms with Crippen LogP contribution in [0.5, 0.6) is 0 Å². The maximum Gasteiger partial charge on any atom is 0.339 e. The number of nitrogen functional groups attached to an aromatic ring is 1. The lowest BCUT2D eigenvalue weighted by Gasteiger charge is -2.13. The molecule has 5 N–H and O–H groups in total. The molecule has 0 aliphatic heterocycles. The summed E-state index contributed by atoms with van der Waals surface area (Å²) in [5.74, 6) is -0.0576. The third kappa shape index (κ3) is 4.80. The second-order valence-corrected chi connectivity index (χ2v) is 6.40. The number of hydrogen-bond donors (Lipinski definition) is 4. The lowest BCUT2D eigenvalue weighted by Crippen LogP contribution is -2.18. The second kappa shape index (κ2) is 9.34. The van der Waals surface area contributed by atoms with E-state index in [1.807, 2.05) is 13.0 Å². The van der Waals surface area contributed by atoms with Crippen molar-refractivity contribution in [3.05, 3.63) is 59.4 Å². The molecule has 0 bridgehead atoms. The zero-order valence-electron chi connectivity index (χ0n) is 16.4. The largest absolute Gasteiger partial charge is 0.478 e. The van der Waals surface area contributed by atoms with Gasteiger partial charge in [0.05, 0.1) is 34.9 Å². The number of hydrogen-bond acceptors (Lipinski definition) is 8. The van der Waals surface area contributed by atoms with Crippen LogP contribution in [0.25, 0.3) is 11.3 Å². The number of aromatic nitrogens is 3. The molecule has 152 valence electrons. The van der Waals surface area contributed by atoms with E-state index in [1.165, 1.54) is 0 Å². The highest BCUT2D eigenvalue weighted by atomic mass is 16.4. The van der Waals surface area contributed by atoms with E-state index in [0.717, 1.165) is 0 Å². The van der Waals surface area contributed by atoms with Gasteiger partial charge in [-0.2, -0.15) is 5.26 Å². The molecule has 0 saturated heterocycles. The molecular formula is C21H21N7O2. The van der Waals surface area contributed by atoms with Crippen LogP contribution in [0.3, 0.4) is 0 Å². The van der Waals surface area contributed by atoms with Gasteiger partial charge in [-0.25, -0.2) is 19.7 Å². The number of nitrogens with zero attached hydrogens (tertiary/aromatic N) is 4. The summed E-state index contributed by atoms with van der Waals surface area (Å²) in [4.78, 5) is 24.8. The maximum atomic E-state index is 11.9. The van der Waals surface area contributed by atoms with Gasteiger partial charge in [0.15, 0.2) is 0 Å². The first kappa shape index (κ1) is 20.5. The summed E-state index contributed by atoms with van der Waals surface area (Å²) in [6.45, 7) is 2.89. The van der Waals surface area contributed by atoms with Crippen LogP contribution in [-0.4, -0.2) is 39.1 Å². The monoisotopic (exact) mass is 403 g/mol. The Morgan fingerprint density at radius 1 is 1.13 bits per heavy atom. The summed E-state index contributed by atoms with van der Waals surface area (Å²) in [5, 5.41) is 25.0. The number of nitrogens with one attached hydrogen (secondary N) is 2. The van der Waals surface area contributed by atoms with Crippen molar-refractivity contribution in [2.24, 2.45) is 0 Å². The van der Waals surface area contributed by atoms with Crippen molar-refractivity contribution >= 4 is 23.4 Å². The Hall–Kier alpha value is -4.19. The number of aromatic carboxylic acids is 1. The minimum atomic E-state index is -1.09. The van der Waals surface area contributed by atoms with Crippen molar-refractivity contribution < 1.29 is 9.90 Å². The average Bonchev–Trinajstić information content (AvgIpc) is 2.77. The number of pyridine rings is 1. The molecular weight excluding hydrogens is 382 g/mol. The number of carboxylic acids is 1. The Labute approximate surface area is 173 Å².